The van der Waals surface area contributed by atoms with E-state index in [0.29, 0.717) is 0 Å². The minimum absolute atomic E-state index is 0.815. The van der Waals surface area contributed by atoms with Crippen LogP contribution in [0.4, 0.5) is 5.69 Å². The molecule has 1 aromatic carbocycles. The summed E-state index contributed by atoms with van der Waals surface area (Å²) in [6.07, 6.45) is 4.59. The number of hydrogen-bond donors (Lipinski definition) is 1. The van der Waals surface area contributed by atoms with Gasteiger partial charge in [0, 0.05) is 21.7 Å². The summed E-state index contributed by atoms with van der Waals surface area (Å²) in [6.45, 7) is 3.01. The van der Waals surface area contributed by atoms with Crippen molar-refractivity contribution < 1.29 is 0 Å². The van der Waals surface area contributed by atoms with Crippen LogP contribution in [0, 0.1) is 6.92 Å². The number of anilines is 1. The molecule has 0 saturated carbocycles. The van der Waals surface area contributed by atoms with Gasteiger partial charge in [-0.1, -0.05) is 11.6 Å². The lowest BCUT2D eigenvalue weighted by Crippen LogP contribution is -2.02. The fourth-order valence-electron chi connectivity index (χ4n) is 1.38. The number of hydrogen-bond acceptors (Lipinski definition) is 2. The smallest absolute Gasteiger partial charge is 0.0499 e. The molecule has 16 heavy (non-hydrogen) atoms. The Kier molecular flexibility index (Phi) is 6.62. The SMILES string of the molecule is CSCCCCNc1cc(Cl)c(C)cc1Br. The second-order valence-electron chi connectivity index (χ2n) is 3.71. The summed E-state index contributed by atoms with van der Waals surface area (Å²) in [7, 11) is 0. The molecular weight excluding hydrogens is 306 g/mol. The Morgan fingerprint density at radius 2 is 2.12 bits per heavy atom. The van der Waals surface area contributed by atoms with Gasteiger partial charge in [-0.3, -0.25) is 0 Å². The Morgan fingerprint density at radius 3 is 2.81 bits per heavy atom. The van der Waals surface area contributed by atoms with Gasteiger partial charge in [0.25, 0.3) is 0 Å². The summed E-state index contributed by atoms with van der Waals surface area (Å²) in [5.74, 6) is 1.23. The zero-order valence-electron chi connectivity index (χ0n) is 9.65. The first-order valence-corrected chi connectivity index (χ1v) is 7.90. The summed E-state index contributed by atoms with van der Waals surface area (Å²) in [5.41, 5.74) is 2.18. The molecular formula is C12H17BrClNS. The third-order valence-electron chi connectivity index (χ3n) is 2.34. The van der Waals surface area contributed by atoms with Crippen molar-refractivity contribution in [2.24, 2.45) is 0 Å². The number of rotatable bonds is 6. The Bertz CT molecular complexity index is 344. The van der Waals surface area contributed by atoms with Gasteiger partial charge in [-0.25, -0.2) is 0 Å². The van der Waals surface area contributed by atoms with E-state index < -0.39 is 0 Å². The molecule has 0 fully saturated rings. The van der Waals surface area contributed by atoms with Crippen LogP contribution in [0.25, 0.3) is 0 Å². The molecule has 0 amide bonds. The molecule has 0 aliphatic rings. The van der Waals surface area contributed by atoms with Gasteiger partial charge < -0.3 is 5.32 Å². The molecule has 1 nitrogen and oxygen atoms in total. The van der Waals surface area contributed by atoms with Crippen molar-refractivity contribution in [1.29, 1.82) is 0 Å². The largest absolute Gasteiger partial charge is 0.384 e. The minimum atomic E-state index is 0.815. The van der Waals surface area contributed by atoms with E-state index in [1.807, 2.05) is 30.8 Å². The van der Waals surface area contributed by atoms with E-state index in [9.17, 15) is 0 Å². The molecule has 0 aromatic heterocycles. The van der Waals surface area contributed by atoms with Crippen molar-refractivity contribution in [3.8, 4) is 0 Å². The standard InChI is InChI=1S/C12H17BrClNS/c1-9-7-10(13)12(8-11(9)14)15-5-3-4-6-16-2/h7-8,15H,3-6H2,1-2H3. The lowest BCUT2D eigenvalue weighted by molar-refractivity contribution is 0.843. The number of halogens is 2. The highest BCUT2D eigenvalue weighted by molar-refractivity contribution is 9.10. The molecule has 0 heterocycles. The highest BCUT2D eigenvalue weighted by atomic mass is 79.9. The Balaban J connectivity index is 2.45. The van der Waals surface area contributed by atoms with E-state index in [4.69, 9.17) is 11.6 Å². The third-order valence-corrected chi connectivity index (χ3v) is 4.10. The number of thioether (sulfide) groups is 1. The van der Waals surface area contributed by atoms with Crippen LogP contribution < -0.4 is 5.32 Å². The van der Waals surface area contributed by atoms with E-state index in [1.54, 1.807) is 0 Å². The van der Waals surface area contributed by atoms with E-state index in [-0.39, 0.29) is 0 Å². The summed E-state index contributed by atoms with van der Waals surface area (Å²) < 4.78 is 1.08. The molecule has 0 atom stereocenters. The first-order valence-electron chi connectivity index (χ1n) is 5.33. The molecule has 0 spiro atoms. The summed E-state index contributed by atoms with van der Waals surface area (Å²) >= 11 is 11.5. The summed E-state index contributed by atoms with van der Waals surface area (Å²) in [4.78, 5) is 0. The molecule has 1 N–H and O–H groups in total. The molecule has 0 aliphatic carbocycles. The normalized spacial score (nSPS) is 10.5. The number of benzene rings is 1. The van der Waals surface area contributed by atoms with Crippen molar-refractivity contribution in [1.82, 2.24) is 0 Å². The first kappa shape index (κ1) is 14.2. The maximum atomic E-state index is 6.08. The highest BCUT2D eigenvalue weighted by Gasteiger charge is 2.03. The minimum Gasteiger partial charge on any atom is -0.384 e. The van der Waals surface area contributed by atoms with Gasteiger partial charge >= 0.3 is 0 Å². The van der Waals surface area contributed by atoms with Gasteiger partial charge in [0.2, 0.25) is 0 Å². The van der Waals surface area contributed by atoms with Gasteiger partial charge in [0.15, 0.2) is 0 Å². The Labute approximate surface area is 115 Å². The maximum Gasteiger partial charge on any atom is 0.0499 e. The van der Waals surface area contributed by atoms with Crippen molar-refractivity contribution in [2.45, 2.75) is 19.8 Å². The number of aryl methyl sites for hydroxylation is 1. The van der Waals surface area contributed by atoms with Crippen LogP contribution in [0.3, 0.4) is 0 Å². The highest BCUT2D eigenvalue weighted by Crippen LogP contribution is 2.29. The van der Waals surface area contributed by atoms with Crippen molar-refractivity contribution in [3.05, 3.63) is 27.2 Å². The average Bonchev–Trinajstić information content (AvgIpc) is 2.25. The third kappa shape index (κ3) is 4.56. The molecule has 0 bridgehead atoms. The Hall–Kier alpha value is 0.140. The number of nitrogens with one attached hydrogen (secondary N) is 1. The monoisotopic (exact) mass is 321 g/mol. The average molecular weight is 323 g/mol. The molecule has 1 aromatic rings. The van der Waals surface area contributed by atoms with Crippen LogP contribution >= 0.6 is 39.3 Å². The second-order valence-corrected chi connectivity index (χ2v) is 5.96. The van der Waals surface area contributed by atoms with Gasteiger partial charge in [-0.15, -0.1) is 0 Å². The predicted octanol–water partition coefficient (Wildman–Crippen LogP) is 4.97. The fraction of sp³-hybridized carbons (Fsp3) is 0.500. The first-order chi connectivity index (χ1) is 7.65. The quantitative estimate of drug-likeness (QED) is 0.742. The van der Waals surface area contributed by atoms with Gasteiger partial charge in [-0.05, 0) is 65.4 Å². The van der Waals surface area contributed by atoms with Crippen LogP contribution in [-0.2, 0) is 0 Å². The van der Waals surface area contributed by atoms with E-state index >= 15 is 0 Å². The van der Waals surface area contributed by atoms with Crippen LogP contribution in [0.15, 0.2) is 16.6 Å². The van der Waals surface area contributed by atoms with Gasteiger partial charge in [0.05, 0.1) is 0 Å². The molecule has 4 heteroatoms. The number of unbranched alkanes of at least 4 members (excludes halogenated alkanes) is 1. The summed E-state index contributed by atoms with van der Waals surface area (Å²) in [5, 5.41) is 4.21. The van der Waals surface area contributed by atoms with Crippen LogP contribution in [0.5, 0.6) is 0 Å². The molecule has 90 valence electrons. The molecule has 0 radical (unpaired) electrons. The van der Waals surface area contributed by atoms with Gasteiger partial charge in [0.1, 0.15) is 0 Å². The fourth-order valence-corrected chi connectivity index (χ4v) is 2.63. The van der Waals surface area contributed by atoms with Crippen LogP contribution in [0.2, 0.25) is 5.02 Å². The van der Waals surface area contributed by atoms with Crippen LogP contribution in [0.1, 0.15) is 18.4 Å². The lowest BCUT2D eigenvalue weighted by atomic mass is 10.2. The molecule has 0 aliphatic heterocycles. The summed E-state index contributed by atoms with van der Waals surface area (Å²) in [6, 6.07) is 4.03. The van der Waals surface area contributed by atoms with E-state index in [1.165, 1.54) is 18.6 Å². The van der Waals surface area contributed by atoms with Crippen molar-refractivity contribution in [2.75, 3.05) is 23.9 Å². The maximum absolute atomic E-state index is 6.08. The lowest BCUT2D eigenvalue weighted by Gasteiger charge is -2.10. The van der Waals surface area contributed by atoms with Crippen molar-refractivity contribution >= 4 is 45.0 Å². The van der Waals surface area contributed by atoms with Crippen molar-refractivity contribution in [3.63, 3.8) is 0 Å². The van der Waals surface area contributed by atoms with E-state index in [2.05, 4.69) is 27.5 Å². The molecule has 0 saturated heterocycles. The molecule has 1 rings (SSSR count). The second kappa shape index (κ2) is 7.46. The topological polar surface area (TPSA) is 12.0 Å². The molecule has 0 unspecified atom stereocenters. The van der Waals surface area contributed by atoms with Gasteiger partial charge in [-0.2, -0.15) is 11.8 Å². The Morgan fingerprint density at radius 1 is 1.38 bits per heavy atom. The van der Waals surface area contributed by atoms with E-state index in [0.717, 1.165) is 27.3 Å². The zero-order chi connectivity index (χ0) is 12.0. The predicted molar refractivity (Wildman–Crippen MR) is 80.0 cm³/mol. The van der Waals surface area contributed by atoms with Crippen LogP contribution in [-0.4, -0.2) is 18.6 Å². The zero-order valence-corrected chi connectivity index (χ0v) is 12.8.